The molecule has 2 N–H and O–H groups in total. The molecule has 0 radical (unpaired) electrons. The Morgan fingerprint density at radius 2 is 1.80 bits per heavy atom. The van der Waals surface area contributed by atoms with Crippen LogP contribution in [0.2, 0.25) is 0 Å². The number of urea groups is 1. The zero-order valence-electron chi connectivity index (χ0n) is 14.9. The van der Waals surface area contributed by atoms with E-state index in [-0.39, 0.29) is 17.9 Å². The van der Waals surface area contributed by atoms with Crippen LogP contribution in [0.5, 0.6) is 0 Å². The highest BCUT2D eigenvalue weighted by Gasteiger charge is 2.28. The highest BCUT2D eigenvalue weighted by atomic mass is 16.2. The number of likely N-dealkylation sites (tertiary alicyclic amines) is 1. The third kappa shape index (κ3) is 5.21. The van der Waals surface area contributed by atoms with Crippen molar-refractivity contribution in [2.24, 2.45) is 11.8 Å². The molecule has 1 saturated carbocycles. The van der Waals surface area contributed by atoms with Crippen LogP contribution in [0.3, 0.4) is 0 Å². The summed E-state index contributed by atoms with van der Waals surface area (Å²) in [5.41, 5.74) is 0.811. The molecule has 136 valence electrons. The number of hydrogen-bond donors (Lipinski definition) is 2. The average molecular weight is 343 g/mol. The van der Waals surface area contributed by atoms with Gasteiger partial charge in [0.15, 0.2) is 0 Å². The Morgan fingerprint density at radius 3 is 2.56 bits per heavy atom. The van der Waals surface area contributed by atoms with E-state index in [1.807, 2.05) is 30.3 Å². The fourth-order valence-electron chi connectivity index (χ4n) is 3.94. The number of para-hydroxylation sites is 1. The van der Waals surface area contributed by atoms with E-state index in [2.05, 4.69) is 10.6 Å². The number of carbonyl (C=O) groups is 2. The summed E-state index contributed by atoms with van der Waals surface area (Å²) >= 11 is 0. The van der Waals surface area contributed by atoms with Crippen LogP contribution in [-0.2, 0) is 4.79 Å². The normalized spacial score (nSPS) is 21.1. The number of nitrogens with one attached hydrogen (secondary N) is 2. The summed E-state index contributed by atoms with van der Waals surface area (Å²) in [6.45, 7) is 2.00. The summed E-state index contributed by atoms with van der Waals surface area (Å²) in [6, 6.07) is 9.48. The Hall–Kier alpha value is -2.04. The van der Waals surface area contributed by atoms with Gasteiger partial charge in [0.05, 0.1) is 5.92 Å². The summed E-state index contributed by atoms with van der Waals surface area (Å²) in [7, 11) is 0. The van der Waals surface area contributed by atoms with Gasteiger partial charge >= 0.3 is 6.03 Å². The van der Waals surface area contributed by atoms with Gasteiger partial charge in [0.25, 0.3) is 0 Å². The number of benzene rings is 1. The monoisotopic (exact) mass is 343 g/mol. The first-order valence-electron chi connectivity index (χ1n) is 9.61. The molecule has 1 aliphatic heterocycles. The molecule has 2 aliphatic rings. The zero-order chi connectivity index (χ0) is 17.5. The summed E-state index contributed by atoms with van der Waals surface area (Å²) < 4.78 is 0. The summed E-state index contributed by atoms with van der Waals surface area (Å²) in [4.78, 5) is 26.6. The van der Waals surface area contributed by atoms with Crippen LogP contribution < -0.4 is 10.6 Å². The van der Waals surface area contributed by atoms with E-state index < -0.39 is 0 Å². The van der Waals surface area contributed by atoms with E-state index >= 15 is 0 Å². The molecule has 5 nitrogen and oxygen atoms in total. The van der Waals surface area contributed by atoms with Gasteiger partial charge in [-0.15, -0.1) is 0 Å². The van der Waals surface area contributed by atoms with Crippen LogP contribution in [-0.4, -0.2) is 36.5 Å². The molecule has 0 spiro atoms. The molecule has 1 aromatic rings. The maximum absolute atomic E-state index is 12.5. The van der Waals surface area contributed by atoms with Crippen LogP contribution in [0.15, 0.2) is 30.3 Å². The molecule has 0 bridgehead atoms. The lowest BCUT2D eigenvalue weighted by atomic mass is 9.97. The molecular weight excluding hydrogens is 314 g/mol. The van der Waals surface area contributed by atoms with Crippen LogP contribution in [0.1, 0.15) is 44.9 Å². The van der Waals surface area contributed by atoms with Gasteiger partial charge in [-0.05, 0) is 37.3 Å². The maximum atomic E-state index is 12.5. The Bertz CT molecular complexity index is 570. The third-order valence-corrected chi connectivity index (χ3v) is 5.42. The SMILES string of the molecule is O=C(Nc1ccccc1)[C@H]1CCCN(C(=O)NCCC2CCCC2)C1. The van der Waals surface area contributed by atoms with E-state index in [9.17, 15) is 9.59 Å². The second-order valence-corrected chi connectivity index (χ2v) is 7.31. The maximum Gasteiger partial charge on any atom is 0.317 e. The van der Waals surface area contributed by atoms with Crippen LogP contribution in [0, 0.1) is 11.8 Å². The van der Waals surface area contributed by atoms with E-state index in [0.717, 1.165) is 44.0 Å². The highest BCUT2D eigenvalue weighted by molar-refractivity contribution is 5.93. The Balaban J connectivity index is 1.43. The number of piperidine rings is 1. The van der Waals surface area contributed by atoms with E-state index in [0.29, 0.717) is 6.54 Å². The van der Waals surface area contributed by atoms with E-state index in [1.165, 1.54) is 25.7 Å². The second-order valence-electron chi connectivity index (χ2n) is 7.31. The van der Waals surface area contributed by atoms with Crippen molar-refractivity contribution < 1.29 is 9.59 Å². The Labute approximate surface area is 150 Å². The fourth-order valence-corrected chi connectivity index (χ4v) is 3.94. The molecule has 5 heteroatoms. The molecule has 1 aliphatic carbocycles. The second kappa shape index (κ2) is 8.88. The molecule has 0 unspecified atom stereocenters. The van der Waals surface area contributed by atoms with Gasteiger partial charge in [-0.3, -0.25) is 4.79 Å². The van der Waals surface area contributed by atoms with Crippen molar-refractivity contribution in [1.82, 2.24) is 10.2 Å². The number of hydrogen-bond acceptors (Lipinski definition) is 2. The zero-order valence-corrected chi connectivity index (χ0v) is 14.9. The molecule has 1 aromatic carbocycles. The standard InChI is InChI=1S/C20H29N3O2/c24-19(22-18-10-2-1-3-11-18)17-9-6-14-23(15-17)20(25)21-13-12-16-7-4-5-8-16/h1-3,10-11,16-17H,4-9,12-15H2,(H,21,25)(H,22,24)/t17-/m0/s1. The molecule has 25 heavy (non-hydrogen) atoms. The first-order chi connectivity index (χ1) is 12.2. The summed E-state index contributed by atoms with van der Waals surface area (Å²) in [6.07, 6.45) is 8.08. The van der Waals surface area contributed by atoms with Crippen molar-refractivity contribution in [1.29, 1.82) is 0 Å². The number of nitrogens with zero attached hydrogens (tertiary/aromatic N) is 1. The van der Waals surface area contributed by atoms with Crippen LogP contribution in [0.25, 0.3) is 0 Å². The Morgan fingerprint density at radius 1 is 1.04 bits per heavy atom. The van der Waals surface area contributed by atoms with Crippen molar-refractivity contribution >= 4 is 17.6 Å². The van der Waals surface area contributed by atoms with Crippen molar-refractivity contribution in [3.63, 3.8) is 0 Å². The molecule has 1 heterocycles. The molecule has 0 aromatic heterocycles. The first-order valence-corrected chi connectivity index (χ1v) is 9.61. The van der Waals surface area contributed by atoms with Gasteiger partial charge < -0.3 is 15.5 Å². The smallest absolute Gasteiger partial charge is 0.317 e. The minimum Gasteiger partial charge on any atom is -0.338 e. The lowest BCUT2D eigenvalue weighted by Crippen LogP contribution is -2.48. The number of rotatable bonds is 5. The lowest BCUT2D eigenvalue weighted by Gasteiger charge is -2.32. The van der Waals surface area contributed by atoms with Crippen molar-refractivity contribution in [2.75, 3.05) is 25.0 Å². The summed E-state index contributed by atoms with van der Waals surface area (Å²) in [5.74, 6) is 0.662. The molecular formula is C20H29N3O2. The molecule has 1 saturated heterocycles. The lowest BCUT2D eigenvalue weighted by molar-refractivity contribution is -0.121. The van der Waals surface area contributed by atoms with Crippen molar-refractivity contribution in [3.8, 4) is 0 Å². The number of amides is 3. The van der Waals surface area contributed by atoms with Crippen LogP contribution >= 0.6 is 0 Å². The van der Waals surface area contributed by atoms with Crippen molar-refractivity contribution in [2.45, 2.75) is 44.9 Å². The van der Waals surface area contributed by atoms with Gasteiger partial charge in [-0.25, -0.2) is 4.79 Å². The fraction of sp³-hybridized carbons (Fsp3) is 0.600. The van der Waals surface area contributed by atoms with E-state index in [4.69, 9.17) is 0 Å². The van der Waals surface area contributed by atoms with Gasteiger partial charge in [0, 0.05) is 25.3 Å². The number of anilines is 1. The van der Waals surface area contributed by atoms with Crippen molar-refractivity contribution in [3.05, 3.63) is 30.3 Å². The summed E-state index contributed by atoms with van der Waals surface area (Å²) in [5, 5.41) is 6.00. The number of carbonyl (C=O) groups excluding carboxylic acids is 2. The minimum atomic E-state index is -0.130. The highest BCUT2D eigenvalue weighted by Crippen LogP contribution is 2.27. The topological polar surface area (TPSA) is 61.4 Å². The third-order valence-electron chi connectivity index (χ3n) is 5.42. The van der Waals surface area contributed by atoms with Gasteiger partial charge in [0.1, 0.15) is 0 Å². The molecule has 2 fully saturated rings. The van der Waals surface area contributed by atoms with Gasteiger partial charge in [0.2, 0.25) is 5.91 Å². The molecule has 3 rings (SSSR count). The van der Waals surface area contributed by atoms with Gasteiger partial charge in [-0.2, -0.15) is 0 Å². The van der Waals surface area contributed by atoms with Gasteiger partial charge in [-0.1, -0.05) is 43.9 Å². The molecule has 1 atom stereocenters. The van der Waals surface area contributed by atoms with E-state index in [1.54, 1.807) is 4.90 Å². The quantitative estimate of drug-likeness (QED) is 0.857. The average Bonchev–Trinajstić information content (AvgIpc) is 3.16. The minimum absolute atomic E-state index is 0.00894. The molecule has 3 amide bonds. The Kier molecular flexibility index (Phi) is 6.31. The van der Waals surface area contributed by atoms with Crippen LogP contribution in [0.4, 0.5) is 10.5 Å². The largest absolute Gasteiger partial charge is 0.338 e. The predicted molar refractivity (Wildman–Crippen MR) is 99.3 cm³/mol. The predicted octanol–water partition coefficient (Wildman–Crippen LogP) is 3.63. The first kappa shape index (κ1) is 17.8.